The molecule has 0 aliphatic carbocycles. The van der Waals surface area contributed by atoms with Crippen molar-refractivity contribution >= 4 is 33.6 Å². The third kappa shape index (κ3) is 6.47. The van der Waals surface area contributed by atoms with E-state index in [1.165, 1.54) is 6.08 Å². The maximum atomic E-state index is 12.7. The van der Waals surface area contributed by atoms with Crippen molar-refractivity contribution in [3.05, 3.63) is 93.5 Å². The number of nitriles is 1. The number of halogens is 1. The van der Waals surface area contributed by atoms with Crippen LogP contribution in [0.15, 0.2) is 76.8 Å². The summed E-state index contributed by atoms with van der Waals surface area (Å²) in [5.41, 5.74) is 3.36. The molecule has 0 aliphatic heterocycles. The molecule has 0 spiro atoms. The van der Waals surface area contributed by atoms with Gasteiger partial charge in [0.1, 0.15) is 29.7 Å². The summed E-state index contributed by atoms with van der Waals surface area (Å²) in [5.74, 6) is 0.795. The Balaban J connectivity index is 1.78. The first-order chi connectivity index (χ1) is 15.5. The first kappa shape index (κ1) is 23.1. The zero-order chi connectivity index (χ0) is 22.9. The molecule has 1 N–H and O–H groups in total. The highest BCUT2D eigenvalue weighted by Gasteiger charge is 2.12. The van der Waals surface area contributed by atoms with Gasteiger partial charge in [0, 0.05) is 15.7 Å². The van der Waals surface area contributed by atoms with Crippen molar-refractivity contribution in [3.8, 4) is 17.6 Å². The van der Waals surface area contributed by atoms with E-state index in [2.05, 4.69) is 27.3 Å². The van der Waals surface area contributed by atoms with E-state index in [0.29, 0.717) is 36.0 Å². The van der Waals surface area contributed by atoms with E-state index < -0.39 is 5.91 Å². The number of carbonyl (C=O) groups is 1. The van der Waals surface area contributed by atoms with Gasteiger partial charge in [-0.05, 0) is 68.0 Å². The molecule has 3 aromatic carbocycles. The number of amides is 1. The molecule has 0 unspecified atom stereocenters. The van der Waals surface area contributed by atoms with Crippen LogP contribution in [0.1, 0.15) is 23.6 Å². The van der Waals surface area contributed by atoms with E-state index in [1.807, 2.05) is 56.3 Å². The van der Waals surface area contributed by atoms with Crippen LogP contribution in [0.2, 0.25) is 0 Å². The van der Waals surface area contributed by atoms with Gasteiger partial charge >= 0.3 is 0 Å². The van der Waals surface area contributed by atoms with Crippen LogP contribution in [-0.2, 0) is 11.4 Å². The van der Waals surface area contributed by atoms with Crippen LogP contribution in [0.4, 0.5) is 5.69 Å². The Hall–Kier alpha value is -3.56. The highest BCUT2D eigenvalue weighted by atomic mass is 79.9. The molecule has 3 aromatic rings. The van der Waals surface area contributed by atoms with Crippen LogP contribution >= 0.6 is 15.9 Å². The van der Waals surface area contributed by atoms with Crippen LogP contribution in [0, 0.1) is 18.3 Å². The Morgan fingerprint density at radius 1 is 1.09 bits per heavy atom. The Morgan fingerprint density at radius 2 is 1.88 bits per heavy atom. The summed E-state index contributed by atoms with van der Waals surface area (Å²) in [6, 6.07) is 22.5. The molecular formula is C26H23BrN2O3. The van der Waals surface area contributed by atoms with Gasteiger partial charge in [0.2, 0.25) is 0 Å². The summed E-state index contributed by atoms with van der Waals surface area (Å²) < 4.78 is 12.2. The molecule has 0 heterocycles. The van der Waals surface area contributed by atoms with Crippen molar-refractivity contribution < 1.29 is 14.3 Å². The van der Waals surface area contributed by atoms with Crippen LogP contribution in [0.5, 0.6) is 11.5 Å². The van der Waals surface area contributed by atoms with Crippen molar-refractivity contribution in [2.75, 3.05) is 11.9 Å². The normalized spacial score (nSPS) is 10.9. The molecule has 6 heteroatoms. The number of carbonyl (C=O) groups excluding carboxylic acids is 1. The van der Waals surface area contributed by atoms with Gasteiger partial charge < -0.3 is 14.8 Å². The minimum atomic E-state index is -0.499. The number of nitrogens with zero attached hydrogens (tertiary/aromatic N) is 1. The number of aryl methyl sites for hydroxylation is 1. The minimum Gasteiger partial charge on any atom is -0.494 e. The summed E-state index contributed by atoms with van der Waals surface area (Å²) in [5, 5.41) is 12.3. The molecule has 3 rings (SSSR count). The molecular weight excluding hydrogens is 468 g/mol. The second-order valence-electron chi connectivity index (χ2n) is 7.04. The lowest BCUT2D eigenvalue weighted by Gasteiger charge is -2.11. The molecule has 1 amide bonds. The van der Waals surface area contributed by atoms with Gasteiger partial charge in [0.15, 0.2) is 0 Å². The van der Waals surface area contributed by atoms with E-state index in [4.69, 9.17) is 9.47 Å². The molecule has 0 saturated carbocycles. The predicted octanol–water partition coefficient (Wildman–Crippen LogP) is 6.28. The molecule has 0 aliphatic rings. The zero-order valence-corrected chi connectivity index (χ0v) is 19.5. The van der Waals surface area contributed by atoms with Crippen molar-refractivity contribution in [1.82, 2.24) is 0 Å². The van der Waals surface area contributed by atoms with E-state index in [0.717, 1.165) is 15.6 Å². The van der Waals surface area contributed by atoms with Crippen molar-refractivity contribution in [2.45, 2.75) is 20.5 Å². The monoisotopic (exact) mass is 490 g/mol. The van der Waals surface area contributed by atoms with E-state index in [9.17, 15) is 10.1 Å². The summed E-state index contributed by atoms with van der Waals surface area (Å²) >= 11 is 3.44. The molecule has 32 heavy (non-hydrogen) atoms. The van der Waals surface area contributed by atoms with Gasteiger partial charge in [0.25, 0.3) is 5.91 Å². The smallest absolute Gasteiger partial charge is 0.266 e. The number of benzene rings is 3. The number of ether oxygens (including phenoxy) is 2. The van der Waals surface area contributed by atoms with Gasteiger partial charge in [-0.15, -0.1) is 0 Å². The Kier molecular flexibility index (Phi) is 8.07. The topological polar surface area (TPSA) is 71.3 Å². The molecule has 0 fully saturated rings. The Morgan fingerprint density at radius 3 is 2.56 bits per heavy atom. The number of hydrogen-bond donors (Lipinski definition) is 1. The average Bonchev–Trinajstić information content (AvgIpc) is 2.78. The van der Waals surface area contributed by atoms with E-state index in [-0.39, 0.29) is 5.57 Å². The third-order valence-corrected chi connectivity index (χ3v) is 5.03. The van der Waals surface area contributed by atoms with Crippen LogP contribution in [0.3, 0.4) is 0 Å². The van der Waals surface area contributed by atoms with Gasteiger partial charge in [-0.3, -0.25) is 4.79 Å². The SMILES string of the molecule is CCOc1ccc(NC(=O)/C(C#N)=C/c2cc(Br)ccc2OCc2cccc(C)c2)cc1. The molecule has 0 radical (unpaired) electrons. The first-order valence-electron chi connectivity index (χ1n) is 10.1. The molecule has 0 aromatic heterocycles. The predicted molar refractivity (Wildman–Crippen MR) is 129 cm³/mol. The lowest BCUT2D eigenvalue weighted by molar-refractivity contribution is -0.112. The van der Waals surface area contributed by atoms with Gasteiger partial charge in [0.05, 0.1) is 6.61 Å². The largest absolute Gasteiger partial charge is 0.494 e. The van der Waals surface area contributed by atoms with Crippen molar-refractivity contribution in [2.24, 2.45) is 0 Å². The summed E-state index contributed by atoms with van der Waals surface area (Å²) in [4.78, 5) is 12.7. The number of anilines is 1. The van der Waals surface area contributed by atoms with Crippen LogP contribution in [-0.4, -0.2) is 12.5 Å². The fraction of sp³-hybridized carbons (Fsp3) is 0.154. The fourth-order valence-electron chi connectivity index (χ4n) is 3.03. The van der Waals surface area contributed by atoms with E-state index >= 15 is 0 Å². The lowest BCUT2D eigenvalue weighted by atomic mass is 10.1. The summed E-state index contributed by atoms with van der Waals surface area (Å²) in [6.07, 6.45) is 1.53. The Bertz CT molecular complexity index is 1160. The molecule has 0 saturated heterocycles. The maximum Gasteiger partial charge on any atom is 0.266 e. The number of hydrogen-bond acceptors (Lipinski definition) is 4. The highest BCUT2D eigenvalue weighted by molar-refractivity contribution is 9.10. The summed E-state index contributed by atoms with van der Waals surface area (Å²) in [6.45, 7) is 4.87. The summed E-state index contributed by atoms with van der Waals surface area (Å²) in [7, 11) is 0. The number of rotatable bonds is 8. The van der Waals surface area contributed by atoms with Crippen molar-refractivity contribution in [3.63, 3.8) is 0 Å². The van der Waals surface area contributed by atoms with Gasteiger partial charge in [-0.25, -0.2) is 0 Å². The fourth-order valence-corrected chi connectivity index (χ4v) is 3.41. The maximum absolute atomic E-state index is 12.7. The molecule has 0 atom stereocenters. The second kappa shape index (κ2) is 11.2. The van der Waals surface area contributed by atoms with Crippen LogP contribution in [0.25, 0.3) is 6.08 Å². The molecule has 5 nitrogen and oxygen atoms in total. The first-order valence-corrected chi connectivity index (χ1v) is 10.9. The Labute approximate surface area is 196 Å². The quantitative estimate of drug-likeness (QED) is 0.297. The third-order valence-electron chi connectivity index (χ3n) is 4.54. The highest BCUT2D eigenvalue weighted by Crippen LogP contribution is 2.27. The van der Waals surface area contributed by atoms with Crippen LogP contribution < -0.4 is 14.8 Å². The average molecular weight is 491 g/mol. The lowest BCUT2D eigenvalue weighted by Crippen LogP contribution is -2.13. The van der Waals surface area contributed by atoms with E-state index in [1.54, 1.807) is 24.3 Å². The minimum absolute atomic E-state index is 0.0302. The standard InChI is InChI=1S/C26H23BrN2O3/c1-3-31-24-10-8-23(9-11-24)29-26(30)21(16-28)14-20-15-22(27)7-12-25(20)32-17-19-6-4-5-18(2)13-19/h4-15H,3,17H2,1-2H3,(H,29,30)/b21-14+. The second-order valence-corrected chi connectivity index (χ2v) is 7.96. The molecule has 162 valence electrons. The zero-order valence-electron chi connectivity index (χ0n) is 17.9. The van der Waals surface area contributed by atoms with Gasteiger partial charge in [-0.2, -0.15) is 5.26 Å². The molecule has 0 bridgehead atoms. The van der Waals surface area contributed by atoms with Gasteiger partial charge in [-0.1, -0.05) is 45.8 Å². The van der Waals surface area contributed by atoms with Crippen molar-refractivity contribution in [1.29, 1.82) is 5.26 Å². The number of nitrogens with one attached hydrogen (secondary N) is 1.